The molecule has 0 radical (unpaired) electrons. The summed E-state index contributed by atoms with van der Waals surface area (Å²) in [7, 11) is 0. The van der Waals surface area contributed by atoms with Gasteiger partial charge in [0.25, 0.3) is 0 Å². The molecular formula is C22H24N4O. The van der Waals surface area contributed by atoms with Crippen LogP contribution in [0, 0.1) is 16.7 Å². The van der Waals surface area contributed by atoms with Gasteiger partial charge in [0.15, 0.2) is 0 Å². The van der Waals surface area contributed by atoms with Crippen LogP contribution in [0.4, 0.5) is 5.82 Å². The number of pyridine rings is 1. The number of amides is 1. The fourth-order valence-corrected chi connectivity index (χ4v) is 4.45. The van der Waals surface area contributed by atoms with Crippen molar-refractivity contribution >= 4 is 11.7 Å². The van der Waals surface area contributed by atoms with Crippen LogP contribution in [0.5, 0.6) is 0 Å². The van der Waals surface area contributed by atoms with E-state index in [4.69, 9.17) is 5.26 Å². The summed E-state index contributed by atoms with van der Waals surface area (Å²) in [4.78, 5) is 21.3. The van der Waals surface area contributed by atoms with Crippen molar-refractivity contribution in [1.29, 1.82) is 5.26 Å². The van der Waals surface area contributed by atoms with Crippen LogP contribution in [-0.2, 0) is 11.3 Å². The van der Waals surface area contributed by atoms with Gasteiger partial charge >= 0.3 is 0 Å². The van der Waals surface area contributed by atoms with E-state index in [1.807, 2.05) is 35.2 Å². The smallest absolute Gasteiger partial charge is 0.222 e. The van der Waals surface area contributed by atoms with E-state index in [2.05, 4.69) is 28.1 Å². The number of nitriles is 1. The monoisotopic (exact) mass is 360 g/mol. The maximum Gasteiger partial charge on any atom is 0.222 e. The Hall–Kier alpha value is -2.87. The summed E-state index contributed by atoms with van der Waals surface area (Å²) in [5.74, 6) is 1.13. The van der Waals surface area contributed by atoms with Crippen molar-refractivity contribution in [2.75, 3.05) is 24.5 Å². The molecule has 0 bridgehead atoms. The first kappa shape index (κ1) is 17.5. The quantitative estimate of drug-likeness (QED) is 0.842. The number of aromatic nitrogens is 1. The second-order valence-corrected chi connectivity index (χ2v) is 7.75. The third-order valence-electron chi connectivity index (χ3n) is 5.80. The second-order valence-electron chi connectivity index (χ2n) is 7.75. The fourth-order valence-electron chi connectivity index (χ4n) is 4.45. The number of likely N-dealkylation sites (tertiary alicyclic amines) is 1. The summed E-state index contributed by atoms with van der Waals surface area (Å²) in [5.41, 5.74) is 1.75. The van der Waals surface area contributed by atoms with Gasteiger partial charge in [0, 0.05) is 38.0 Å². The van der Waals surface area contributed by atoms with E-state index in [0.717, 1.165) is 44.7 Å². The Balaban J connectivity index is 1.51. The van der Waals surface area contributed by atoms with Gasteiger partial charge in [-0.25, -0.2) is 4.98 Å². The first-order chi connectivity index (χ1) is 13.2. The van der Waals surface area contributed by atoms with Crippen LogP contribution in [0.3, 0.4) is 0 Å². The SMILES string of the molecule is N#Cc1cccc(N2CCC[C@]3(CCC(=O)N(Cc4ccccc4)C3)C2)n1. The Morgan fingerprint density at radius 3 is 2.74 bits per heavy atom. The summed E-state index contributed by atoms with van der Waals surface area (Å²) in [6.45, 7) is 3.34. The summed E-state index contributed by atoms with van der Waals surface area (Å²) in [6, 6.07) is 18.0. The van der Waals surface area contributed by atoms with Gasteiger partial charge in [-0.05, 0) is 37.0 Å². The summed E-state index contributed by atoms with van der Waals surface area (Å²) in [5, 5.41) is 9.13. The van der Waals surface area contributed by atoms with Crippen molar-refractivity contribution in [1.82, 2.24) is 9.88 Å². The minimum Gasteiger partial charge on any atom is -0.356 e. The van der Waals surface area contributed by atoms with Gasteiger partial charge < -0.3 is 9.80 Å². The van der Waals surface area contributed by atoms with Gasteiger partial charge in [-0.2, -0.15) is 5.26 Å². The number of carbonyl (C=O) groups excluding carboxylic acids is 1. The van der Waals surface area contributed by atoms with E-state index in [9.17, 15) is 4.79 Å². The molecular weight excluding hydrogens is 336 g/mol. The van der Waals surface area contributed by atoms with Crippen molar-refractivity contribution in [3.63, 3.8) is 0 Å². The number of anilines is 1. The molecule has 0 N–H and O–H groups in total. The molecule has 2 aliphatic rings. The second kappa shape index (κ2) is 7.40. The Kier molecular flexibility index (Phi) is 4.81. The molecule has 138 valence electrons. The fraction of sp³-hybridized carbons (Fsp3) is 0.409. The van der Waals surface area contributed by atoms with E-state index in [1.54, 1.807) is 6.07 Å². The molecule has 1 aromatic heterocycles. The zero-order valence-corrected chi connectivity index (χ0v) is 15.5. The summed E-state index contributed by atoms with van der Waals surface area (Å²) in [6.07, 6.45) is 3.78. The van der Waals surface area contributed by atoms with Crippen LogP contribution in [0.1, 0.15) is 36.9 Å². The van der Waals surface area contributed by atoms with Crippen molar-refractivity contribution in [2.24, 2.45) is 5.41 Å². The lowest BCUT2D eigenvalue weighted by atomic mass is 9.73. The lowest BCUT2D eigenvalue weighted by Gasteiger charge is -2.48. The van der Waals surface area contributed by atoms with Gasteiger partial charge in [-0.15, -0.1) is 0 Å². The third-order valence-corrected chi connectivity index (χ3v) is 5.80. The molecule has 1 atom stereocenters. The Morgan fingerprint density at radius 1 is 1.07 bits per heavy atom. The van der Waals surface area contributed by atoms with Crippen LogP contribution in [0.25, 0.3) is 0 Å². The highest BCUT2D eigenvalue weighted by molar-refractivity contribution is 5.77. The number of carbonyl (C=O) groups is 1. The molecule has 3 heterocycles. The van der Waals surface area contributed by atoms with Crippen molar-refractivity contribution in [2.45, 2.75) is 32.2 Å². The minimum absolute atomic E-state index is 0.116. The van der Waals surface area contributed by atoms with Crippen LogP contribution in [-0.4, -0.2) is 35.4 Å². The first-order valence-corrected chi connectivity index (χ1v) is 9.61. The lowest BCUT2D eigenvalue weighted by Crippen LogP contribution is -2.54. The molecule has 5 nitrogen and oxygen atoms in total. The van der Waals surface area contributed by atoms with E-state index in [-0.39, 0.29) is 11.3 Å². The van der Waals surface area contributed by atoms with Gasteiger partial charge in [-0.1, -0.05) is 36.4 Å². The molecule has 1 amide bonds. The van der Waals surface area contributed by atoms with Gasteiger partial charge in [0.05, 0.1) is 0 Å². The van der Waals surface area contributed by atoms with E-state index in [1.165, 1.54) is 5.56 Å². The van der Waals surface area contributed by atoms with E-state index < -0.39 is 0 Å². The van der Waals surface area contributed by atoms with Crippen LogP contribution in [0.2, 0.25) is 0 Å². The molecule has 1 aromatic carbocycles. The van der Waals surface area contributed by atoms with Crippen molar-refractivity contribution < 1.29 is 4.79 Å². The number of hydrogen-bond acceptors (Lipinski definition) is 4. The highest BCUT2D eigenvalue weighted by Gasteiger charge is 2.42. The first-order valence-electron chi connectivity index (χ1n) is 9.61. The van der Waals surface area contributed by atoms with Crippen LogP contribution >= 0.6 is 0 Å². The Morgan fingerprint density at radius 2 is 1.93 bits per heavy atom. The lowest BCUT2D eigenvalue weighted by molar-refractivity contribution is -0.138. The van der Waals surface area contributed by atoms with E-state index >= 15 is 0 Å². The number of hydrogen-bond donors (Lipinski definition) is 0. The topological polar surface area (TPSA) is 60.2 Å². The molecule has 0 unspecified atom stereocenters. The molecule has 5 heteroatoms. The number of rotatable bonds is 3. The van der Waals surface area contributed by atoms with Crippen LogP contribution in [0.15, 0.2) is 48.5 Å². The zero-order valence-electron chi connectivity index (χ0n) is 15.5. The highest BCUT2D eigenvalue weighted by atomic mass is 16.2. The Labute approximate surface area is 160 Å². The average Bonchev–Trinajstić information content (AvgIpc) is 2.72. The minimum atomic E-state index is 0.116. The molecule has 27 heavy (non-hydrogen) atoms. The molecule has 4 rings (SSSR count). The number of benzene rings is 1. The third kappa shape index (κ3) is 3.80. The van der Waals surface area contributed by atoms with Gasteiger partial charge in [0.2, 0.25) is 5.91 Å². The normalized spacial score (nSPS) is 22.7. The summed E-state index contributed by atoms with van der Waals surface area (Å²) >= 11 is 0. The van der Waals surface area contributed by atoms with E-state index in [0.29, 0.717) is 18.7 Å². The molecule has 2 aliphatic heterocycles. The highest BCUT2D eigenvalue weighted by Crippen LogP contribution is 2.40. The Bertz CT molecular complexity index is 860. The maximum absolute atomic E-state index is 12.5. The predicted molar refractivity (Wildman–Crippen MR) is 104 cm³/mol. The van der Waals surface area contributed by atoms with Crippen molar-refractivity contribution in [3.05, 3.63) is 59.8 Å². The number of piperidine rings is 2. The number of nitrogens with zero attached hydrogens (tertiary/aromatic N) is 4. The van der Waals surface area contributed by atoms with Gasteiger partial charge in [0.1, 0.15) is 17.6 Å². The molecule has 2 fully saturated rings. The summed E-state index contributed by atoms with van der Waals surface area (Å²) < 4.78 is 0. The molecule has 1 spiro atoms. The van der Waals surface area contributed by atoms with Crippen molar-refractivity contribution in [3.8, 4) is 6.07 Å². The molecule has 0 aliphatic carbocycles. The molecule has 2 saturated heterocycles. The standard InChI is InChI=1S/C22H24N4O/c23-14-19-8-4-9-20(24-19)25-13-5-11-22(16-25)12-10-21(27)26(17-22)15-18-6-2-1-3-7-18/h1-4,6-9H,5,10-13,15-17H2/t22-/m0/s1. The van der Waals surface area contributed by atoms with Gasteiger partial charge in [-0.3, -0.25) is 4.79 Å². The average molecular weight is 360 g/mol. The zero-order chi connectivity index (χ0) is 18.7. The largest absolute Gasteiger partial charge is 0.356 e. The maximum atomic E-state index is 12.5. The molecule has 0 saturated carbocycles. The molecule has 2 aromatic rings. The van der Waals surface area contributed by atoms with Crippen LogP contribution < -0.4 is 4.90 Å². The predicted octanol–water partition coefficient (Wildman–Crippen LogP) is 3.36.